The Morgan fingerprint density at radius 2 is 2.06 bits per heavy atom. The van der Waals surface area contributed by atoms with Crippen LogP contribution in [0.3, 0.4) is 0 Å². The Kier molecular flexibility index (Phi) is 3.99. The molecule has 0 radical (unpaired) electrons. The van der Waals surface area contributed by atoms with Gasteiger partial charge in [-0.3, -0.25) is 5.84 Å². The molecule has 0 aliphatic heterocycles. The fourth-order valence-corrected chi connectivity index (χ4v) is 3.11. The third-order valence-corrected chi connectivity index (χ3v) is 4.36. The van der Waals surface area contributed by atoms with Crippen molar-refractivity contribution in [3.63, 3.8) is 0 Å². The quantitative estimate of drug-likeness (QED) is 0.670. The number of halogens is 1. The smallest absolute Gasteiger partial charge is 0.0721 e. The predicted molar refractivity (Wildman–Crippen MR) is 77.1 cm³/mol. The molecule has 2 nitrogen and oxygen atoms in total. The maximum absolute atomic E-state index is 5.70. The van der Waals surface area contributed by atoms with Gasteiger partial charge in [0.1, 0.15) is 0 Å². The Bertz CT molecular complexity index is 522. The van der Waals surface area contributed by atoms with Gasteiger partial charge in [0.2, 0.25) is 0 Å². The first-order valence-electron chi connectivity index (χ1n) is 5.39. The standard InChI is InChI=1S/C13H15BrN2S/c1-8-3-4-9(2)11(5-8)13(16-15)10-6-12(14)17-7-10/h3-7,13,16H,15H2,1-2H3. The minimum Gasteiger partial charge on any atom is -0.271 e. The Labute approximate surface area is 114 Å². The molecule has 0 spiro atoms. The van der Waals surface area contributed by atoms with Gasteiger partial charge in [-0.25, -0.2) is 5.43 Å². The zero-order chi connectivity index (χ0) is 12.4. The van der Waals surface area contributed by atoms with Crippen LogP contribution in [0.5, 0.6) is 0 Å². The molecule has 0 saturated carbocycles. The molecule has 2 rings (SSSR count). The highest BCUT2D eigenvalue weighted by atomic mass is 79.9. The van der Waals surface area contributed by atoms with Gasteiger partial charge in [-0.2, -0.15) is 0 Å². The summed E-state index contributed by atoms with van der Waals surface area (Å²) in [5.74, 6) is 5.70. The van der Waals surface area contributed by atoms with E-state index in [4.69, 9.17) is 5.84 Å². The lowest BCUT2D eigenvalue weighted by atomic mass is 9.96. The van der Waals surface area contributed by atoms with Crippen LogP contribution in [-0.4, -0.2) is 0 Å². The highest BCUT2D eigenvalue weighted by Gasteiger charge is 2.16. The first-order chi connectivity index (χ1) is 8.11. The van der Waals surface area contributed by atoms with Gasteiger partial charge >= 0.3 is 0 Å². The van der Waals surface area contributed by atoms with Crippen LogP contribution in [0.4, 0.5) is 0 Å². The molecular weight excluding hydrogens is 296 g/mol. The van der Waals surface area contributed by atoms with Crippen LogP contribution in [0.1, 0.15) is 28.3 Å². The maximum atomic E-state index is 5.70. The molecule has 4 heteroatoms. The summed E-state index contributed by atoms with van der Waals surface area (Å²) in [5, 5.41) is 2.12. The molecule has 1 unspecified atom stereocenters. The van der Waals surface area contributed by atoms with E-state index in [-0.39, 0.29) is 6.04 Å². The van der Waals surface area contributed by atoms with Crippen molar-refractivity contribution >= 4 is 27.3 Å². The lowest BCUT2D eigenvalue weighted by molar-refractivity contribution is 0.635. The minimum absolute atomic E-state index is 0.0532. The molecule has 3 N–H and O–H groups in total. The lowest BCUT2D eigenvalue weighted by Gasteiger charge is -2.18. The van der Waals surface area contributed by atoms with E-state index < -0.39 is 0 Å². The van der Waals surface area contributed by atoms with Gasteiger partial charge in [-0.15, -0.1) is 11.3 Å². The number of hydrogen-bond donors (Lipinski definition) is 2. The fourth-order valence-electron chi connectivity index (χ4n) is 1.91. The van der Waals surface area contributed by atoms with E-state index in [1.165, 1.54) is 22.3 Å². The van der Waals surface area contributed by atoms with Gasteiger partial charge in [-0.05, 0) is 57.9 Å². The van der Waals surface area contributed by atoms with Crippen LogP contribution in [0, 0.1) is 13.8 Å². The molecule has 1 heterocycles. The summed E-state index contributed by atoms with van der Waals surface area (Å²) in [6.07, 6.45) is 0. The number of benzene rings is 1. The lowest BCUT2D eigenvalue weighted by Crippen LogP contribution is -2.29. The van der Waals surface area contributed by atoms with E-state index in [1.807, 2.05) is 0 Å². The SMILES string of the molecule is Cc1ccc(C)c(C(NN)c2csc(Br)c2)c1. The van der Waals surface area contributed by atoms with Crippen molar-refractivity contribution in [3.8, 4) is 0 Å². The van der Waals surface area contributed by atoms with Crippen LogP contribution >= 0.6 is 27.3 Å². The summed E-state index contributed by atoms with van der Waals surface area (Å²) >= 11 is 5.16. The van der Waals surface area contributed by atoms with Crippen LogP contribution < -0.4 is 11.3 Å². The normalized spacial score (nSPS) is 12.7. The predicted octanol–water partition coefficient (Wildman–Crippen LogP) is 3.68. The minimum atomic E-state index is 0.0532. The first-order valence-corrected chi connectivity index (χ1v) is 7.06. The van der Waals surface area contributed by atoms with E-state index >= 15 is 0 Å². The summed E-state index contributed by atoms with van der Waals surface area (Å²) in [4.78, 5) is 0. The number of rotatable bonds is 3. The molecular formula is C13H15BrN2S. The Balaban J connectivity index is 2.45. The fraction of sp³-hybridized carbons (Fsp3) is 0.231. The van der Waals surface area contributed by atoms with Crippen LogP contribution in [0.25, 0.3) is 0 Å². The van der Waals surface area contributed by atoms with Crippen LogP contribution in [0.2, 0.25) is 0 Å². The Morgan fingerprint density at radius 1 is 1.29 bits per heavy atom. The molecule has 0 amide bonds. The second kappa shape index (κ2) is 5.31. The second-order valence-electron chi connectivity index (χ2n) is 4.14. The molecule has 2 aromatic rings. The van der Waals surface area contributed by atoms with E-state index in [0.717, 1.165) is 3.79 Å². The number of nitrogens with two attached hydrogens (primary N) is 1. The van der Waals surface area contributed by atoms with Gasteiger partial charge in [0.15, 0.2) is 0 Å². The number of nitrogens with one attached hydrogen (secondary N) is 1. The average molecular weight is 311 g/mol. The molecule has 1 aromatic carbocycles. The maximum Gasteiger partial charge on any atom is 0.0721 e. The van der Waals surface area contributed by atoms with Crippen LogP contribution in [-0.2, 0) is 0 Å². The van der Waals surface area contributed by atoms with Crippen molar-refractivity contribution in [2.75, 3.05) is 0 Å². The molecule has 0 fully saturated rings. The molecule has 0 bridgehead atoms. The third kappa shape index (κ3) is 2.77. The average Bonchev–Trinajstić information content (AvgIpc) is 2.71. The molecule has 0 aliphatic carbocycles. The summed E-state index contributed by atoms with van der Waals surface area (Å²) < 4.78 is 1.12. The van der Waals surface area contributed by atoms with Crippen molar-refractivity contribution in [2.24, 2.45) is 5.84 Å². The van der Waals surface area contributed by atoms with E-state index in [9.17, 15) is 0 Å². The van der Waals surface area contributed by atoms with Gasteiger partial charge in [0, 0.05) is 0 Å². The van der Waals surface area contributed by atoms with E-state index in [1.54, 1.807) is 11.3 Å². The third-order valence-electron chi connectivity index (χ3n) is 2.83. The van der Waals surface area contributed by atoms with Crippen molar-refractivity contribution in [1.29, 1.82) is 0 Å². The highest BCUT2D eigenvalue weighted by Crippen LogP contribution is 2.30. The summed E-state index contributed by atoms with van der Waals surface area (Å²) in [6, 6.07) is 8.60. The Hall–Kier alpha value is -0.680. The molecule has 0 aliphatic rings. The monoisotopic (exact) mass is 310 g/mol. The van der Waals surface area contributed by atoms with Crippen LogP contribution in [0.15, 0.2) is 33.4 Å². The molecule has 1 aromatic heterocycles. The van der Waals surface area contributed by atoms with Gasteiger partial charge in [0.25, 0.3) is 0 Å². The van der Waals surface area contributed by atoms with E-state index in [2.05, 4.69) is 64.8 Å². The van der Waals surface area contributed by atoms with Gasteiger partial charge in [0.05, 0.1) is 9.83 Å². The van der Waals surface area contributed by atoms with Crippen molar-refractivity contribution < 1.29 is 0 Å². The van der Waals surface area contributed by atoms with Crippen molar-refractivity contribution in [2.45, 2.75) is 19.9 Å². The number of hydrogen-bond acceptors (Lipinski definition) is 3. The van der Waals surface area contributed by atoms with Gasteiger partial charge < -0.3 is 0 Å². The molecule has 17 heavy (non-hydrogen) atoms. The number of hydrazine groups is 1. The largest absolute Gasteiger partial charge is 0.271 e. The highest BCUT2D eigenvalue weighted by molar-refractivity contribution is 9.11. The van der Waals surface area contributed by atoms with Crippen molar-refractivity contribution in [1.82, 2.24) is 5.43 Å². The summed E-state index contributed by atoms with van der Waals surface area (Å²) in [7, 11) is 0. The Morgan fingerprint density at radius 3 is 2.65 bits per heavy atom. The molecule has 0 saturated heterocycles. The molecule has 1 atom stereocenters. The second-order valence-corrected chi connectivity index (χ2v) is 6.43. The van der Waals surface area contributed by atoms with E-state index in [0.29, 0.717) is 0 Å². The topological polar surface area (TPSA) is 38.0 Å². The first kappa shape index (κ1) is 12.8. The van der Waals surface area contributed by atoms with Crippen molar-refractivity contribution in [3.05, 3.63) is 55.7 Å². The molecule has 90 valence electrons. The number of thiophene rings is 1. The summed E-state index contributed by atoms with van der Waals surface area (Å²) in [5.41, 5.74) is 7.83. The van der Waals surface area contributed by atoms with Gasteiger partial charge in [-0.1, -0.05) is 23.8 Å². The summed E-state index contributed by atoms with van der Waals surface area (Å²) in [6.45, 7) is 4.21. The zero-order valence-electron chi connectivity index (χ0n) is 9.83. The number of aryl methyl sites for hydroxylation is 2. The zero-order valence-corrected chi connectivity index (χ0v) is 12.2.